The Balaban J connectivity index is 0.00000442. The molecular formula is C32H38ClN5O5S. The van der Waals surface area contributed by atoms with E-state index in [-0.39, 0.29) is 43.1 Å². The molecule has 4 atom stereocenters. The molecule has 3 heterocycles. The van der Waals surface area contributed by atoms with Gasteiger partial charge < -0.3 is 30.8 Å². The van der Waals surface area contributed by atoms with Crippen LogP contribution in [-0.2, 0) is 9.59 Å². The Morgan fingerprint density at radius 3 is 2.45 bits per heavy atom. The molecule has 1 saturated heterocycles. The Morgan fingerprint density at radius 1 is 1.11 bits per heavy atom. The van der Waals surface area contributed by atoms with Gasteiger partial charge in [-0.1, -0.05) is 45.0 Å². The normalized spacial score (nSPS) is 18.0. The number of carbonyl (C=O) groups excluding carboxylic acids is 3. The van der Waals surface area contributed by atoms with Gasteiger partial charge >= 0.3 is 0 Å². The number of carbonyl (C=O) groups is 3. The number of furan rings is 1. The Hall–Kier alpha value is -3.93. The van der Waals surface area contributed by atoms with E-state index >= 15 is 0 Å². The van der Waals surface area contributed by atoms with Crippen LogP contribution >= 0.6 is 23.7 Å². The van der Waals surface area contributed by atoms with Gasteiger partial charge in [-0.25, -0.2) is 4.98 Å². The number of nitrogens with two attached hydrogens (primary N) is 1. The second-order valence-electron chi connectivity index (χ2n) is 12.2. The first-order chi connectivity index (χ1) is 20.3. The SMILES string of the molecule is Cc1ncsc1-c1ccc([C@H](C)NC(=O)[C@@H]2C[C@@H](O)CN2C(=O)[C@@H](NC(=O)c2cc3cc(N)ccc3o2)C(C)(C)C)cc1.Cl. The number of β-amino-alcohol motifs (C(OH)–C–C–N with tert-alkyl or cyclic N) is 1. The molecule has 2 aromatic heterocycles. The number of thiazole rings is 1. The van der Waals surface area contributed by atoms with Crippen molar-refractivity contribution in [2.75, 3.05) is 12.3 Å². The Morgan fingerprint density at radius 2 is 1.82 bits per heavy atom. The summed E-state index contributed by atoms with van der Waals surface area (Å²) in [5.74, 6) is -1.33. The molecule has 0 radical (unpaired) electrons. The van der Waals surface area contributed by atoms with E-state index in [2.05, 4.69) is 15.6 Å². The maximum absolute atomic E-state index is 13.9. The van der Waals surface area contributed by atoms with Crippen LogP contribution < -0.4 is 16.4 Å². The Kier molecular flexibility index (Phi) is 9.72. The second-order valence-corrected chi connectivity index (χ2v) is 13.1. The number of benzene rings is 2. The summed E-state index contributed by atoms with van der Waals surface area (Å²) in [6.45, 7) is 9.32. The number of aryl methyl sites for hydroxylation is 1. The highest BCUT2D eigenvalue weighted by Crippen LogP contribution is 2.30. The lowest BCUT2D eigenvalue weighted by Gasteiger charge is -2.35. The van der Waals surface area contributed by atoms with E-state index in [9.17, 15) is 19.5 Å². The number of aliphatic hydroxyl groups is 1. The van der Waals surface area contributed by atoms with Crippen molar-refractivity contribution in [3.63, 3.8) is 0 Å². The summed E-state index contributed by atoms with van der Waals surface area (Å²) in [5.41, 5.74) is 10.9. The summed E-state index contributed by atoms with van der Waals surface area (Å²) >= 11 is 1.58. The lowest BCUT2D eigenvalue weighted by Crippen LogP contribution is -2.57. The van der Waals surface area contributed by atoms with Gasteiger partial charge in [0, 0.05) is 24.0 Å². The quantitative estimate of drug-likeness (QED) is 0.211. The van der Waals surface area contributed by atoms with E-state index in [1.54, 1.807) is 35.6 Å². The van der Waals surface area contributed by atoms with Gasteiger partial charge in [-0.2, -0.15) is 0 Å². The number of rotatable bonds is 7. The number of aliphatic hydroxyl groups excluding tert-OH is 1. The zero-order chi connectivity index (χ0) is 31.1. The smallest absolute Gasteiger partial charge is 0.287 e. The highest BCUT2D eigenvalue weighted by molar-refractivity contribution is 7.13. The predicted molar refractivity (Wildman–Crippen MR) is 174 cm³/mol. The van der Waals surface area contributed by atoms with Gasteiger partial charge in [0.1, 0.15) is 17.7 Å². The van der Waals surface area contributed by atoms with Crippen molar-refractivity contribution in [2.24, 2.45) is 5.41 Å². The van der Waals surface area contributed by atoms with E-state index in [4.69, 9.17) is 10.2 Å². The number of likely N-dealkylation sites (tertiary alicyclic amines) is 1. The molecule has 1 aliphatic rings. The third-order valence-electron chi connectivity index (χ3n) is 7.79. The first-order valence-corrected chi connectivity index (χ1v) is 15.1. The Labute approximate surface area is 266 Å². The number of fused-ring (bicyclic) bond motifs is 1. The minimum Gasteiger partial charge on any atom is -0.451 e. The molecule has 5 N–H and O–H groups in total. The molecule has 0 bridgehead atoms. The fourth-order valence-electron chi connectivity index (χ4n) is 5.39. The monoisotopic (exact) mass is 639 g/mol. The summed E-state index contributed by atoms with van der Waals surface area (Å²) in [4.78, 5) is 47.5. The number of hydrogen-bond acceptors (Lipinski definition) is 8. The van der Waals surface area contributed by atoms with E-state index in [0.29, 0.717) is 16.7 Å². The van der Waals surface area contributed by atoms with Crippen LogP contribution in [0.1, 0.15) is 62.0 Å². The third kappa shape index (κ3) is 6.90. The number of halogens is 1. The van der Waals surface area contributed by atoms with Crippen molar-refractivity contribution in [1.82, 2.24) is 20.5 Å². The Bertz CT molecular complexity index is 1660. The first kappa shape index (κ1) is 33.0. The molecule has 2 aromatic carbocycles. The molecule has 0 unspecified atom stereocenters. The van der Waals surface area contributed by atoms with Gasteiger partial charge in [0.25, 0.3) is 5.91 Å². The summed E-state index contributed by atoms with van der Waals surface area (Å²) in [6, 6.07) is 12.4. The molecule has 0 aliphatic carbocycles. The predicted octanol–water partition coefficient (Wildman–Crippen LogP) is 4.85. The number of anilines is 1. The first-order valence-electron chi connectivity index (χ1n) is 14.2. The highest BCUT2D eigenvalue weighted by Gasteiger charge is 2.45. The van der Waals surface area contributed by atoms with Crippen LogP contribution in [0.25, 0.3) is 21.4 Å². The molecule has 5 rings (SSSR count). The number of nitrogen functional groups attached to an aromatic ring is 1. The van der Waals surface area contributed by atoms with E-state index in [0.717, 1.165) is 21.7 Å². The fourth-order valence-corrected chi connectivity index (χ4v) is 6.20. The van der Waals surface area contributed by atoms with Crippen LogP contribution in [0.15, 0.2) is 58.5 Å². The molecule has 0 spiro atoms. The van der Waals surface area contributed by atoms with Crippen LogP contribution in [0.3, 0.4) is 0 Å². The number of hydrogen-bond donors (Lipinski definition) is 4. The zero-order valence-corrected chi connectivity index (χ0v) is 26.9. The molecule has 12 heteroatoms. The summed E-state index contributed by atoms with van der Waals surface area (Å²) in [6.07, 6.45) is -0.766. The van der Waals surface area contributed by atoms with Gasteiger partial charge in [-0.15, -0.1) is 23.7 Å². The molecular weight excluding hydrogens is 602 g/mol. The van der Waals surface area contributed by atoms with E-state index < -0.39 is 35.4 Å². The number of nitrogens with zero attached hydrogens (tertiary/aromatic N) is 2. The molecule has 44 heavy (non-hydrogen) atoms. The van der Waals surface area contributed by atoms with Crippen molar-refractivity contribution in [3.05, 3.63) is 71.1 Å². The van der Waals surface area contributed by atoms with Crippen molar-refractivity contribution in [1.29, 1.82) is 0 Å². The summed E-state index contributed by atoms with van der Waals surface area (Å²) in [7, 11) is 0. The third-order valence-corrected chi connectivity index (χ3v) is 8.77. The largest absolute Gasteiger partial charge is 0.451 e. The lowest BCUT2D eigenvalue weighted by atomic mass is 9.85. The molecule has 1 aliphatic heterocycles. The lowest BCUT2D eigenvalue weighted by molar-refractivity contribution is -0.142. The topological polar surface area (TPSA) is 151 Å². The molecule has 0 saturated carbocycles. The van der Waals surface area contributed by atoms with Crippen LogP contribution in [0.5, 0.6) is 0 Å². The van der Waals surface area contributed by atoms with Crippen molar-refractivity contribution in [2.45, 2.75) is 65.3 Å². The standard InChI is InChI=1S/C32H37N5O5S.ClH/c1-17(19-6-8-20(9-7-19)27-18(2)34-16-43-27)35-29(39)24-14-23(38)15-37(24)31(41)28(32(3,4)5)36-30(40)26-13-21-12-22(33)10-11-25(21)42-26;/h6-13,16-17,23-24,28,38H,14-15,33H2,1-5H3,(H,35,39)(H,36,40);1H/t17-,23+,24-,28+;/m0./s1. The minimum absolute atomic E-state index is 0. The van der Waals surface area contributed by atoms with Crippen LogP contribution in [-0.4, -0.2) is 57.4 Å². The molecule has 234 valence electrons. The minimum atomic E-state index is -0.987. The summed E-state index contributed by atoms with van der Waals surface area (Å²) in [5, 5.41) is 17.0. The van der Waals surface area contributed by atoms with Crippen LogP contribution in [0, 0.1) is 12.3 Å². The maximum Gasteiger partial charge on any atom is 0.287 e. The van der Waals surface area contributed by atoms with E-state index in [1.807, 2.05) is 64.4 Å². The average molecular weight is 640 g/mol. The van der Waals surface area contributed by atoms with Gasteiger partial charge in [0.15, 0.2) is 5.76 Å². The van der Waals surface area contributed by atoms with Crippen LogP contribution in [0.4, 0.5) is 5.69 Å². The van der Waals surface area contributed by atoms with Gasteiger partial charge in [-0.3, -0.25) is 14.4 Å². The maximum atomic E-state index is 13.9. The van der Waals surface area contributed by atoms with Gasteiger partial charge in [0.05, 0.1) is 28.2 Å². The molecule has 3 amide bonds. The number of amides is 3. The highest BCUT2D eigenvalue weighted by atomic mass is 35.5. The number of aromatic nitrogens is 1. The molecule has 10 nitrogen and oxygen atoms in total. The second kappa shape index (κ2) is 13.0. The van der Waals surface area contributed by atoms with Crippen molar-refractivity contribution < 1.29 is 23.9 Å². The molecule has 4 aromatic rings. The van der Waals surface area contributed by atoms with Crippen molar-refractivity contribution >= 4 is 58.1 Å². The summed E-state index contributed by atoms with van der Waals surface area (Å²) < 4.78 is 5.70. The van der Waals surface area contributed by atoms with Crippen LogP contribution in [0.2, 0.25) is 0 Å². The molecule has 1 fully saturated rings. The fraction of sp³-hybridized carbons (Fsp3) is 0.375. The zero-order valence-electron chi connectivity index (χ0n) is 25.3. The van der Waals surface area contributed by atoms with E-state index in [1.165, 1.54) is 4.90 Å². The van der Waals surface area contributed by atoms with Crippen molar-refractivity contribution in [3.8, 4) is 10.4 Å². The van der Waals surface area contributed by atoms with Gasteiger partial charge in [0.2, 0.25) is 11.8 Å². The average Bonchev–Trinajstić information content (AvgIpc) is 3.68. The number of nitrogens with one attached hydrogen (secondary N) is 2. The van der Waals surface area contributed by atoms with Gasteiger partial charge in [-0.05, 0) is 54.7 Å².